The van der Waals surface area contributed by atoms with Crippen LogP contribution in [-0.4, -0.2) is 22.5 Å². The van der Waals surface area contributed by atoms with Crippen LogP contribution >= 0.6 is 0 Å². The van der Waals surface area contributed by atoms with Crippen molar-refractivity contribution in [2.24, 2.45) is 11.8 Å². The van der Waals surface area contributed by atoms with Crippen LogP contribution in [0.25, 0.3) is 0 Å². The second-order valence-electron chi connectivity index (χ2n) is 8.32. The van der Waals surface area contributed by atoms with Crippen LogP contribution in [-0.2, 0) is 0 Å². The first-order chi connectivity index (χ1) is 9.09. The van der Waals surface area contributed by atoms with Gasteiger partial charge in [0.2, 0.25) is 0 Å². The molecule has 4 unspecified atom stereocenters. The predicted molar refractivity (Wildman–Crippen MR) is 82.3 cm³/mol. The number of fused-ring (bicyclic) bond motifs is 3. The van der Waals surface area contributed by atoms with E-state index in [0.717, 1.165) is 23.9 Å². The minimum Gasteiger partial charge on any atom is -0.292 e. The number of hydrogen-bond acceptors (Lipinski definition) is 1. The Morgan fingerprint density at radius 3 is 1.47 bits per heavy atom. The third-order valence-electron chi connectivity index (χ3n) is 6.10. The smallest absolute Gasteiger partial charge is 0.0135 e. The molecular formula is C18H33N. The number of hydrogen-bond donors (Lipinski definition) is 0. The predicted octanol–water partition coefficient (Wildman–Crippen LogP) is 5.00. The van der Waals surface area contributed by atoms with Crippen LogP contribution in [0.2, 0.25) is 0 Å². The lowest BCUT2D eigenvalue weighted by molar-refractivity contribution is 0.0566. The lowest BCUT2D eigenvalue weighted by atomic mass is 9.81. The van der Waals surface area contributed by atoms with Gasteiger partial charge in [-0.1, -0.05) is 38.5 Å². The molecule has 0 aromatic heterocycles. The summed E-state index contributed by atoms with van der Waals surface area (Å²) in [5.41, 5.74) is 0.372. The van der Waals surface area contributed by atoms with Gasteiger partial charge in [-0.3, -0.25) is 4.90 Å². The van der Waals surface area contributed by atoms with Gasteiger partial charge < -0.3 is 0 Å². The molecule has 1 heteroatoms. The fourth-order valence-corrected chi connectivity index (χ4v) is 5.56. The molecular weight excluding hydrogens is 230 g/mol. The summed E-state index contributed by atoms with van der Waals surface area (Å²) >= 11 is 0. The zero-order valence-corrected chi connectivity index (χ0v) is 13.3. The van der Waals surface area contributed by atoms with Gasteiger partial charge in [0, 0.05) is 17.6 Å². The SMILES string of the molecule is CC(C)(C)N1C2CCCCCC2C2CCCCCC21. The van der Waals surface area contributed by atoms with Crippen molar-refractivity contribution in [3.05, 3.63) is 0 Å². The summed E-state index contributed by atoms with van der Waals surface area (Å²) in [6.45, 7) is 7.38. The number of nitrogens with zero attached hydrogens (tertiary/aromatic N) is 1. The quantitative estimate of drug-likeness (QED) is 0.594. The molecule has 0 spiro atoms. The van der Waals surface area contributed by atoms with Crippen molar-refractivity contribution in [2.45, 2.75) is 103 Å². The fourth-order valence-electron chi connectivity index (χ4n) is 5.56. The van der Waals surface area contributed by atoms with Crippen LogP contribution in [0.15, 0.2) is 0 Å². The normalized spacial score (nSPS) is 41.2. The first-order valence-corrected chi connectivity index (χ1v) is 8.87. The summed E-state index contributed by atoms with van der Waals surface area (Å²) in [6, 6.07) is 1.83. The van der Waals surface area contributed by atoms with Crippen molar-refractivity contribution in [1.82, 2.24) is 4.90 Å². The average Bonchev–Trinajstić information content (AvgIpc) is 2.57. The van der Waals surface area contributed by atoms with Gasteiger partial charge in [-0.05, 0) is 58.3 Å². The summed E-state index contributed by atoms with van der Waals surface area (Å²) in [7, 11) is 0. The van der Waals surface area contributed by atoms with E-state index in [2.05, 4.69) is 25.7 Å². The Morgan fingerprint density at radius 1 is 0.632 bits per heavy atom. The molecule has 110 valence electrons. The van der Waals surface area contributed by atoms with Gasteiger partial charge in [0.1, 0.15) is 0 Å². The van der Waals surface area contributed by atoms with E-state index in [9.17, 15) is 0 Å². The van der Waals surface area contributed by atoms with Gasteiger partial charge in [0.05, 0.1) is 0 Å². The molecule has 3 rings (SSSR count). The van der Waals surface area contributed by atoms with Crippen LogP contribution in [0.3, 0.4) is 0 Å². The van der Waals surface area contributed by atoms with Crippen molar-refractivity contribution in [3.63, 3.8) is 0 Å². The maximum absolute atomic E-state index is 2.99. The molecule has 0 aromatic rings. The van der Waals surface area contributed by atoms with E-state index in [0.29, 0.717) is 5.54 Å². The molecule has 1 nitrogen and oxygen atoms in total. The van der Waals surface area contributed by atoms with Crippen LogP contribution in [0, 0.1) is 11.8 Å². The Morgan fingerprint density at radius 2 is 1.05 bits per heavy atom. The third-order valence-corrected chi connectivity index (χ3v) is 6.10. The highest BCUT2D eigenvalue weighted by atomic mass is 15.3. The molecule has 0 N–H and O–H groups in total. The topological polar surface area (TPSA) is 3.24 Å². The third kappa shape index (κ3) is 2.60. The molecule has 2 aliphatic carbocycles. The first kappa shape index (κ1) is 13.9. The van der Waals surface area contributed by atoms with Crippen molar-refractivity contribution in [3.8, 4) is 0 Å². The minimum atomic E-state index is 0.372. The van der Waals surface area contributed by atoms with Crippen molar-refractivity contribution >= 4 is 0 Å². The van der Waals surface area contributed by atoms with Crippen molar-refractivity contribution < 1.29 is 0 Å². The van der Waals surface area contributed by atoms with Gasteiger partial charge in [0.15, 0.2) is 0 Å². The molecule has 0 aromatic carbocycles. The first-order valence-electron chi connectivity index (χ1n) is 8.87. The van der Waals surface area contributed by atoms with Gasteiger partial charge in [-0.25, -0.2) is 0 Å². The highest BCUT2D eigenvalue weighted by Gasteiger charge is 2.51. The molecule has 2 saturated carbocycles. The Balaban J connectivity index is 1.91. The lowest BCUT2D eigenvalue weighted by Gasteiger charge is -2.42. The Kier molecular flexibility index (Phi) is 3.95. The van der Waals surface area contributed by atoms with Gasteiger partial charge >= 0.3 is 0 Å². The molecule has 1 aliphatic heterocycles. The van der Waals surface area contributed by atoms with Crippen molar-refractivity contribution in [1.29, 1.82) is 0 Å². The van der Waals surface area contributed by atoms with E-state index >= 15 is 0 Å². The summed E-state index contributed by atoms with van der Waals surface area (Å²) in [4.78, 5) is 2.99. The van der Waals surface area contributed by atoms with Gasteiger partial charge in [-0.2, -0.15) is 0 Å². The van der Waals surface area contributed by atoms with Crippen LogP contribution < -0.4 is 0 Å². The fraction of sp³-hybridized carbons (Fsp3) is 1.00. The molecule has 1 saturated heterocycles. The molecule has 3 aliphatic rings. The Labute approximate surface area is 120 Å². The second-order valence-corrected chi connectivity index (χ2v) is 8.32. The Bertz CT molecular complexity index is 279. The standard InChI is InChI=1S/C18H33N/c1-18(2,3)19-16-12-8-4-6-10-14(16)15-11-7-5-9-13-17(15)19/h14-17H,4-13H2,1-3H3. The summed E-state index contributed by atoms with van der Waals surface area (Å²) in [5.74, 6) is 2.06. The van der Waals surface area contributed by atoms with Crippen LogP contribution in [0.4, 0.5) is 0 Å². The maximum atomic E-state index is 2.99. The molecule has 4 atom stereocenters. The summed E-state index contributed by atoms with van der Waals surface area (Å²) < 4.78 is 0. The van der Waals surface area contributed by atoms with Gasteiger partial charge in [0.25, 0.3) is 0 Å². The number of rotatable bonds is 0. The molecule has 3 fully saturated rings. The van der Waals surface area contributed by atoms with E-state index in [4.69, 9.17) is 0 Å². The number of likely N-dealkylation sites (tertiary alicyclic amines) is 1. The van der Waals surface area contributed by atoms with E-state index in [1.54, 1.807) is 0 Å². The van der Waals surface area contributed by atoms with E-state index in [-0.39, 0.29) is 0 Å². The van der Waals surface area contributed by atoms with E-state index in [1.165, 1.54) is 64.2 Å². The summed E-state index contributed by atoms with van der Waals surface area (Å²) in [5, 5.41) is 0. The van der Waals surface area contributed by atoms with E-state index in [1.807, 2.05) is 0 Å². The minimum absolute atomic E-state index is 0.372. The Hall–Kier alpha value is -0.0400. The average molecular weight is 263 g/mol. The molecule has 19 heavy (non-hydrogen) atoms. The van der Waals surface area contributed by atoms with E-state index < -0.39 is 0 Å². The van der Waals surface area contributed by atoms with Crippen LogP contribution in [0.5, 0.6) is 0 Å². The summed E-state index contributed by atoms with van der Waals surface area (Å²) in [6.07, 6.45) is 15.0. The second kappa shape index (κ2) is 5.39. The molecule has 0 bridgehead atoms. The monoisotopic (exact) mass is 263 g/mol. The zero-order chi connectivity index (χ0) is 13.5. The molecule has 0 amide bonds. The highest BCUT2D eigenvalue weighted by molar-refractivity contribution is 5.04. The van der Waals surface area contributed by atoms with Crippen LogP contribution in [0.1, 0.15) is 85.0 Å². The van der Waals surface area contributed by atoms with Crippen molar-refractivity contribution in [2.75, 3.05) is 0 Å². The largest absolute Gasteiger partial charge is 0.292 e. The molecule has 1 heterocycles. The maximum Gasteiger partial charge on any atom is 0.0135 e. The zero-order valence-electron chi connectivity index (χ0n) is 13.3. The van der Waals surface area contributed by atoms with Gasteiger partial charge in [-0.15, -0.1) is 0 Å². The molecule has 0 radical (unpaired) electrons. The lowest BCUT2D eigenvalue weighted by Crippen LogP contribution is -2.50. The highest BCUT2D eigenvalue weighted by Crippen LogP contribution is 2.50.